The van der Waals surface area contributed by atoms with Gasteiger partial charge in [-0.15, -0.1) is 0 Å². The van der Waals surface area contributed by atoms with Crippen LogP contribution in [0.2, 0.25) is 10.0 Å². The van der Waals surface area contributed by atoms with Crippen molar-refractivity contribution in [3.8, 4) is 5.75 Å². The molecule has 1 fully saturated rings. The van der Waals surface area contributed by atoms with Crippen molar-refractivity contribution in [2.45, 2.75) is 12.5 Å². The molecule has 1 atom stereocenters. The third kappa shape index (κ3) is 4.93. The fourth-order valence-corrected chi connectivity index (χ4v) is 2.54. The average Bonchev–Trinajstić information content (AvgIpc) is 2.91. The molecule has 0 radical (unpaired) electrons. The Morgan fingerprint density at radius 1 is 1.41 bits per heavy atom. The minimum absolute atomic E-state index is 0.0168. The van der Waals surface area contributed by atoms with Crippen molar-refractivity contribution in [1.82, 2.24) is 15.1 Å². The summed E-state index contributed by atoms with van der Waals surface area (Å²) in [4.78, 5) is 15.8. The Balaban J connectivity index is 1.79. The van der Waals surface area contributed by atoms with Crippen LogP contribution in [0.5, 0.6) is 5.75 Å². The fraction of sp³-hybridized carbons (Fsp3) is 0.533. The number of ether oxygens (including phenoxy) is 1. The second-order valence-electron chi connectivity index (χ2n) is 5.59. The number of nitrogens with zero attached hydrogens (tertiary/aromatic N) is 2. The van der Waals surface area contributed by atoms with Crippen LogP contribution in [0.25, 0.3) is 0 Å². The summed E-state index contributed by atoms with van der Waals surface area (Å²) >= 11 is 11.9. The first-order valence-corrected chi connectivity index (χ1v) is 8.00. The van der Waals surface area contributed by atoms with E-state index in [9.17, 15) is 4.79 Å². The van der Waals surface area contributed by atoms with Gasteiger partial charge in [-0.3, -0.25) is 0 Å². The average molecular weight is 346 g/mol. The Labute approximate surface area is 141 Å². The van der Waals surface area contributed by atoms with Crippen molar-refractivity contribution in [3.63, 3.8) is 0 Å². The van der Waals surface area contributed by atoms with E-state index >= 15 is 0 Å². The molecule has 1 heterocycles. The molecule has 1 unspecified atom stereocenters. The molecule has 2 rings (SSSR count). The van der Waals surface area contributed by atoms with Crippen molar-refractivity contribution >= 4 is 29.2 Å². The highest BCUT2D eigenvalue weighted by molar-refractivity contribution is 6.42. The van der Waals surface area contributed by atoms with E-state index in [0.717, 1.165) is 13.0 Å². The topological polar surface area (TPSA) is 44.8 Å². The minimum Gasteiger partial charge on any atom is -0.488 e. The predicted octanol–water partition coefficient (Wildman–Crippen LogP) is 2.72. The van der Waals surface area contributed by atoms with E-state index in [0.29, 0.717) is 35.4 Å². The monoisotopic (exact) mass is 345 g/mol. The zero-order chi connectivity index (χ0) is 16.1. The second kappa shape index (κ2) is 7.90. The van der Waals surface area contributed by atoms with Crippen LogP contribution < -0.4 is 10.1 Å². The molecule has 0 aromatic heterocycles. The Kier molecular flexibility index (Phi) is 6.17. The largest absolute Gasteiger partial charge is 0.488 e. The van der Waals surface area contributed by atoms with Crippen LogP contribution in [0.3, 0.4) is 0 Å². The van der Waals surface area contributed by atoms with Crippen LogP contribution in [0.4, 0.5) is 4.79 Å². The summed E-state index contributed by atoms with van der Waals surface area (Å²) in [5, 5.41) is 3.88. The number of rotatable bonds is 5. The lowest BCUT2D eigenvalue weighted by atomic mass is 10.3. The highest BCUT2D eigenvalue weighted by Crippen LogP contribution is 2.28. The van der Waals surface area contributed by atoms with Gasteiger partial charge in [0, 0.05) is 32.1 Å². The van der Waals surface area contributed by atoms with Gasteiger partial charge in [0.05, 0.1) is 16.6 Å². The number of hydrogen-bond donors (Lipinski definition) is 1. The summed E-state index contributed by atoms with van der Waals surface area (Å²) < 4.78 is 5.86. The minimum atomic E-state index is -0.0397. The highest BCUT2D eigenvalue weighted by Gasteiger charge is 2.27. The van der Waals surface area contributed by atoms with Crippen LogP contribution >= 0.6 is 23.2 Å². The number of likely N-dealkylation sites (tertiary alicyclic amines) is 1. The van der Waals surface area contributed by atoms with Gasteiger partial charge in [0.15, 0.2) is 0 Å². The van der Waals surface area contributed by atoms with Crippen molar-refractivity contribution in [2.24, 2.45) is 0 Å². The molecule has 2 amide bonds. The molecule has 7 heteroatoms. The van der Waals surface area contributed by atoms with E-state index in [4.69, 9.17) is 27.9 Å². The van der Waals surface area contributed by atoms with Gasteiger partial charge < -0.3 is 19.9 Å². The molecule has 22 heavy (non-hydrogen) atoms. The Bertz CT molecular complexity index is 526. The normalized spacial score (nSPS) is 17.9. The lowest BCUT2D eigenvalue weighted by molar-refractivity contribution is 0.186. The highest BCUT2D eigenvalue weighted by atomic mass is 35.5. The summed E-state index contributed by atoms with van der Waals surface area (Å²) in [5.41, 5.74) is 0. The molecular weight excluding hydrogens is 325 g/mol. The number of carbonyl (C=O) groups is 1. The molecule has 5 nitrogen and oxygen atoms in total. The predicted molar refractivity (Wildman–Crippen MR) is 89.0 cm³/mol. The van der Waals surface area contributed by atoms with Crippen LogP contribution in [0, 0.1) is 0 Å². The smallest absolute Gasteiger partial charge is 0.317 e. The van der Waals surface area contributed by atoms with E-state index in [1.165, 1.54) is 0 Å². The second-order valence-corrected chi connectivity index (χ2v) is 6.40. The molecule has 1 aliphatic rings. The van der Waals surface area contributed by atoms with Crippen molar-refractivity contribution in [1.29, 1.82) is 0 Å². The molecule has 122 valence electrons. The molecule has 0 spiro atoms. The molecular formula is C15H21Cl2N3O2. The first-order valence-electron chi connectivity index (χ1n) is 7.25. The van der Waals surface area contributed by atoms with E-state index in [1.807, 2.05) is 19.0 Å². The van der Waals surface area contributed by atoms with E-state index in [1.54, 1.807) is 23.1 Å². The van der Waals surface area contributed by atoms with Crippen LogP contribution in [-0.2, 0) is 0 Å². The van der Waals surface area contributed by atoms with Gasteiger partial charge in [0.1, 0.15) is 11.9 Å². The first-order chi connectivity index (χ1) is 10.5. The molecule has 0 bridgehead atoms. The number of likely N-dealkylation sites (N-methyl/N-ethyl adjacent to an activating group) is 1. The van der Waals surface area contributed by atoms with E-state index in [2.05, 4.69) is 5.32 Å². The maximum Gasteiger partial charge on any atom is 0.317 e. The number of benzene rings is 1. The third-order valence-electron chi connectivity index (χ3n) is 3.46. The molecule has 0 saturated carbocycles. The molecule has 1 aromatic carbocycles. The van der Waals surface area contributed by atoms with Crippen LogP contribution in [-0.4, -0.2) is 62.2 Å². The SMILES string of the molecule is CN(C)CCNC(=O)N1CCC(Oc2ccc(Cl)c(Cl)c2)C1. The molecule has 1 saturated heterocycles. The summed E-state index contributed by atoms with van der Waals surface area (Å²) in [6.07, 6.45) is 0.790. The summed E-state index contributed by atoms with van der Waals surface area (Å²) in [6.45, 7) is 2.73. The number of hydrogen-bond acceptors (Lipinski definition) is 3. The zero-order valence-corrected chi connectivity index (χ0v) is 14.3. The van der Waals surface area contributed by atoms with Gasteiger partial charge in [0.2, 0.25) is 0 Å². The summed E-state index contributed by atoms with van der Waals surface area (Å²) in [7, 11) is 3.95. The number of amides is 2. The van der Waals surface area contributed by atoms with Gasteiger partial charge in [-0.1, -0.05) is 23.2 Å². The van der Waals surface area contributed by atoms with Gasteiger partial charge in [-0.05, 0) is 26.2 Å². The van der Waals surface area contributed by atoms with Gasteiger partial charge in [0.25, 0.3) is 0 Å². The van der Waals surface area contributed by atoms with Crippen LogP contribution in [0.1, 0.15) is 6.42 Å². The maximum atomic E-state index is 12.0. The summed E-state index contributed by atoms with van der Waals surface area (Å²) in [6, 6.07) is 5.15. The Morgan fingerprint density at radius 2 is 2.18 bits per heavy atom. The van der Waals surface area contributed by atoms with Gasteiger partial charge >= 0.3 is 6.03 Å². The lowest BCUT2D eigenvalue weighted by Crippen LogP contribution is -2.41. The van der Waals surface area contributed by atoms with E-state index < -0.39 is 0 Å². The molecule has 1 aromatic rings. The van der Waals surface area contributed by atoms with Crippen molar-refractivity contribution in [2.75, 3.05) is 40.3 Å². The Morgan fingerprint density at radius 3 is 2.86 bits per heavy atom. The standard InChI is InChI=1S/C15H21Cl2N3O2/c1-19(2)8-6-18-15(21)20-7-5-12(10-20)22-11-3-4-13(16)14(17)9-11/h3-4,9,12H,5-8,10H2,1-2H3,(H,18,21). The number of urea groups is 1. The Hall–Kier alpha value is -1.17. The number of carbonyl (C=O) groups excluding carboxylic acids is 1. The maximum absolute atomic E-state index is 12.0. The molecule has 0 aliphatic carbocycles. The molecule has 1 N–H and O–H groups in total. The number of halogens is 2. The summed E-state index contributed by atoms with van der Waals surface area (Å²) in [5.74, 6) is 0.675. The fourth-order valence-electron chi connectivity index (χ4n) is 2.25. The quantitative estimate of drug-likeness (QED) is 0.892. The first kappa shape index (κ1) is 17.2. The lowest BCUT2D eigenvalue weighted by Gasteiger charge is -2.19. The molecule has 1 aliphatic heterocycles. The third-order valence-corrected chi connectivity index (χ3v) is 4.20. The van der Waals surface area contributed by atoms with Gasteiger partial charge in [-0.25, -0.2) is 4.79 Å². The van der Waals surface area contributed by atoms with Gasteiger partial charge in [-0.2, -0.15) is 0 Å². The van der Waals surface area contributed by atoms with Crippen molar-refractivity contribution < 1.29 is 9.53 Å². The zero-order valence-electron chi connectivity index (χ0n) is 12.8. The van der Waals surface area contributed by atoms with Crippen molar-refractivity contribution in [3.05, 3.63) is 28.2 Å². The number of nitrogens with one attached hydrogen (secondary N) is 1. The van der Waals surface area contributed by atoms with E-state index in [-0.39, 0.29) is 12.1 Å². The van der Waals surface area contributed by atoms with Crippen LogP contribution in [0.15, 0.2) is 18.2 Å².